The first-order chi connectivity index (χ1) is 8.36. The molecule has 0 N–H and O–H groups in total. The number of unbranched alkanes of at least 4 members (excludes halogenated alkanes) is 1. The Morgan fingerprint density at radius 3 is 2.83 bits per heavy atom. The minimum absolute atomic E-state index is 0.00884. The minimum Gasteiger partial charge on any atom is -0.411 e. The molecule has 1 spiro atoms. The van der Waals surface area contributed by atoms with E-state index in [2.05, 4.69) is 0 Å². The molecule has 0 aromatic carbocycles. The van der Waals surface area contributed by atoms with E-state index in [-0.39, 0.29) is 6.54 Å². The molecule has 2 aliphatic rings. The summed E-state index contributed by atoms with van der Waals surface area (Å²) in [6.07, 6.45) is -3.39. The fraction of sp³-hybridized carbons (Fsp3) is 0.727. The number of hydrogen-bond acceptors (Lipinski definition) is 3. The van der Waals surface area contributed by atoms with E-state index in [0.717, 1.165) is 18.9 Å². The normalized spacial score (nSPS) is 31.4. The molecule has 0 aliphatic carbocycles. The number of carbonyl (C=O) groups excluding carboxylic acids is 1. The first-order valence-electron chi connectivity index (χ1n) is 5.78. The fourth-order valence-electron chi connectivity index (χ4n) is 1.95. The van der Waals surface area contributed by atoms with Crippen LogP contribution < -0.4 is 0 Å². The van der Waals surface area contributed by atoms with E-state index in [1.54, 1.807) is 0 Å². The van der Waals surface area contributed by atoms with Crippen molar-refractivity contribution in [2.24, 2.45) is 0 Å². The molecule has 0 bridgehead atoms. The first kappa shape index (κ1) is 13.2. The van der Waals surface area contributed by atoms with Crippen molar-refractivity contribution in [3.63, 3.8) is 0 Å². The lowest BCUT2D eigenvalue weighted by Crippen LogP contribution is -2.39. The third kappa shape index (κ3) is 2.45. The van der Waals surface area contributed by atoms with Crippen molar-refractivity contribution in [1.82, 2.24) is 4.90 Å². The van der Waals surface area contributed by atoms with Crippen molar-refractivity contribution in [2.45, 2.75) is 37.8 Å². The van der Waals surface area contributed by atoms with Crippen molar-refractivity contribution in [1.29, 1.82) is 0 Å². The van der Waals surface area contributed by atoms with Crippen molar-refractivity contribution in [3.05, 3.63) is 12.2 Å². The summed E-state index contributed by atoms with van der Waals surface area (Å²) in [5, 5.41) is 0. The summed E-state index contributed by atoms with van der Waals surface area (Å²) in [6, 6.07) is 0. The molecule has 7 heteroatoms. The quantitative estimate of drug-likeness (QED) is 0.736. The Hall–Kier alpha value is -1.24. The van der Waals surface area contributed by atoms with Crippen LogP contribution in [-0.2, 0) is 9.47 Å². The van der Waals surface area contributed by atoms with Gasteiger partial charge < -0.3 is 14.4 Å². The maximum atomic E-state index is 12.5. The molecule has 2 rings (SSSR count). The van der Waals surface area contributed by atoms with Gasteiger partial charge in [-0.15, -0.1) is 0 Å². The highest BCUT2D eigenvalue weighted by molar-refractivity contribution is 5.71. The van der Waals surface area contributed by atoms with Crippen LogP contribution in [0.2, 0.25) is 0 Å². The topological polar surface area (TPSA) is 38.8 Å². The Bertz CT molecular complexity index is 369. The molecule has 2 atom stereocenters. The summed E-state index contributed by atoms with van der Waals surface area (Å²) < 4.78 is 47.1. The summed E-state index contributed by atoms with van der Waals surface area (Å²) in [4.78, 5) is 12.9. The number of halogens is 3. The zero-order valence-electron chi connectivity index (χ0n) is 9.87. The number of carbonyl (C=O) groups is 1. The van der Waals surface area contributed by atoms with Crippen LogP contribution in [0, 0.1) is 0 Å². The molecule has 1 fully saturated rings. The minimum atomic E-state index is -4.48. The standard InChI is InChI=1S/C11H14F3NO3/c1-2-3-6-15-7-10(18-9(15)16)5-4-8(17-10)11(12,13)14/h4-5,8H,2-3,6-7H2,1H3. The van der Waals surface area contributed by atoms with Gasteiger partial charge >= 0.3 is 12.3 Å². The van der Waals surface area contributed by atoms with Crippen LogP contribution in [0.4, 0.5) is 18.0 Å². The Balaban J connectivity index is 2.00. The number of rotatable bonds is 3. The van der Waals surface area contributed by atoms with Gasteiger partial charge in [-0.2, -0.15) is 13.2 Å². The van der Waals surface area contributed by atoms with Gasteiger partial charge in [0.15, 0.2) is 6.10 Å². The monoisotopic (exact) mass is 265 g/mol. The second kappa shape index (κ2) is 4.46. The molecule has 0 radical (unpaired) electrons. The van der Waals surface area contributed by atoms with Crippen LogP contribution in [0.1, 0.15) is 19.8 Å². The van der Waals surface area contributed by atoms with E-state index in [4.69, 9.17) is 9.47 Å². The predicted molar refractivity (Wildman–Crippen MR) is 55.8 cm³/mol. The molecule has 2 unspecified atom stereocenters. The van der Waals surface area contributed by atoms with Gasteiger partial charge in [-0.3, -0.25) is 0 Å². The van der Waals surface area contributed by atoms with E-state index in [1.807, 2.05) is 6.92 Å². The van der Waals surface area contributed by atoms with Crippen LogP contribution in [0.5, 0.6) is 0 Å². The molecule has 1 saturated heterocycles. The zero-order valence-corrected chi connectivity index (χ0v) is 9.87. The van der Waals surface area contributed by atoms with Gasteiger partial charge in [-0.05, 0) is 18.6 Å². The van der Waals surface area contributed by atoms with Crippen molar-refractivity contribution >= 4 is 6.09 Å². The van der Waals surface area contributed by atoms with E-state index in [1.165, 1.54) is 11.0 Å². The van der Waals surface area contributed by atoms with Gasteiger partial charge in [0.05, 0.1) is 6.54 Å². The molecule has 1 amide bonds. The van der Waals surface area contributed by atoms with E-state index in [9.17, 15) is 18.0 Å². The number of alkyl halides is 3. The molecule has 18 heavy (non-hydrogen) atoms. The van der Waals surface area contributed by atoms with Crippen LogP contribution in [0.3, 0.4) is 0 Å². The second-order valence-electron chi connectivity index (χ2n) is 4.39. The average Bonchev–Trinajstić information content (AvgIpc) is 2.80. The van der Waals surface area contributed by atoms with E-state index >= 15 is 0 Å². The summed E-state index contributed by atoms with van der Waals surface area (Å²) in [5.41, 5.74) is 0. The largest absolute Gasteiger partial charge is 0.418 e. The third-order valence-electron chi connectivity index (χ3n) is 2.89. The predicted octanol–water partition coefficient (Wildman–Crippen LogP) is 2.45. The zero-order chi connectivity index (χ0) is 13.4. The third-order valence-corrected chi connectivity index (χ3v) is 2.89. The highest BCUT2D eigenvalue weighted by Crippen LogP contribution is 2.37. The lowest BCUT2D eigenvalue weighted by molar-refractivity contribution is -0.252. The molecular formula is C11H14F3NO3. The number of hydrogen-bond donors (Lipinski definition) is 0. The Labute approximate surface area is 102 Å². The highest BCUT2D eigenvalue weighted by Gasteiger charge is 2.54. The molecule has 0 aromatic heterocycles. The molecule has 0 saturated carbocycles. The Kier molecular flexibility index (Phi) is 3.27. The van der Waals surface area contributed by atoms with Crippen molar-refractivity contribution < 1.29 is 27.4 Å². The molecule has 4 nitrogen and oxygen atoms in total. The number of nitrogens with zero attached hydrogens (tertiary/aromatic N) is 1. The number of amides is 1. The van der Waals surface area contributed by atoms with Crippen LogP contribution in [-0.4, -0.2) is 42.2 Å². The maximum absolute atomic E-state index is 12.5. The first-order valence-corrected chi connectivity index (χ1v) is 5.78. The smallest absolute Gasteiger partial charge is 0.411 e. The highest BCUT2D eigenvalue weighted by atomic mass is 19.4. The van der Waals surface area contributed by atoms with Crippen molar-refractivity contribution in [3.8, 4) is 0 Å². The van der Waals surface area contributed by atoms with Gasteiger partial charge in [-0.1, -0.05) is 13.3 Å². The SMILES string of the molecule is CCCCN1CC2(C=CC(C(F)(F)F)O2)OC1=O. The Morgan fingerprint density at radius 2 is 2.28 bits per heavy atom. The van der Waals surface area contributed by atoms with E-state index in [0.29, 0.717) is 6.54 Å². The van der Waals surface area contributed by atoms with Crippen LogP contribution >= 0.6 is 0 Å². The van der Waals surface area contributed by atoms with Gasteiger partial charge in [-0.25, -0.2) is 4.79 Å². The van der Waals surface area contributed by atoms with Gasteiger partial charge in [0.2, 0.25) is 0 Å². The van der Waals surface area contributed by atoms with Gasteiger partial charge in [0, 0.05) is 6.54 Å². The average molecular weight is 265 g/mol. The number of ether oxygens (including phenoxy) is 2. The van der Waals surface area contributed by atoms with Gasteiger partial charge in [0.25, 0.3) is 5.79 Å². The second-order valence-corrected chi connectivity index (χ2v) is 4.39. The van der Waals surface area contributed by atoms with Crippen molar-refractivity contribution in [2.75, 3.05) is 13.1 Å². The summed E-state index contributed by atoms with van der Waals surface area (Å²) in [6.45, 7) is 2.43. The van der Waals surface area contributed by atoms with Gasteiger partial charge in [0.1, 0.15) is 0 Å². The molecule has 2 heterocycles. The lowest BCUT2D eigenvalue weighted by atomic mass is 10.2. The summed E-state index contributed by atoms with van der Waals surface area (Å²) in [7, 11) is 0. The molecule has 2 aliphatic heterocycles. The Morgan fingerprint density at radius 1 is 1.56 bits per heavy atom. The summed E-state index contributed by atoms with van der Waals surface area (Å²) in [5.74, 6) is -1.56. The molecule has 102 valence electrons. The van der Waals surface area contributed by atoms with Crippen LogP contribution in [0.15, 0.2) is 12.2 Å². The fourth-order valence-corrected chi connectivity index (χ4v) is 1.95. The van der Waals surface area contributed by atoms with Crippen LogP contribution in [0.25, 0.3) is 0 Å². The lowest BCUT2D eigenvalue weighted by Gasteiger charge is -2.22. The maximum Gasteiger partial charge on any atom is 0.418 e. The molecular weight excluding hydrogens is 251 g/mol. The molecule has 0 aromatic rings. The van der Waals surface area contributed by atoms with E-state index < -0.39 is 24.2 Å². The summed E-state index contributed by atoms with van der Waals surface area (Å²) >= 11 is 0.